The normalized spacial score (nSPS) is 10.4. The number of rotatable bonds is 8. The monoisotopic (exact) mass is 374 g/mol. The maximum absolute atomic E-state index is 14.4. The second kappa shape index (κ2) is 8.98. The van der Waals surface area contributed by atoms with Gasteiger partial charge in [0, 0.05) is 44.5 Å². The Morgan fingerprint density at radius 1 is 1.19 bits per heavy atom. The Morgan fingerprint density at radius 3 is 2.44 bits per heavy atom. The zero-order valence-electron chi connectivity index (χ0n) is 15.6. The molecule has 0 spiro atoms. The first-order chi connectivity index (χ1) is 12.9. The van der Waals surface area contributed by atoms with Crippen molar-refractivity contribution >= 4 is 23.0 Å². The summed E-state index contributed by atoms with van der Waals surface area (Å²) in [6, 6.07) is 9.00. The first-order valence-electron chi connectivity index (χ1n) is 8.69. The van der Waals surface area contributed by atoms with E-state index in [0.29, 0.717) is 30.0 Å². The molecule has 0 aliphatic heterocycles. The van der Waals surface area contributed by atoms with Gasteiger partial charge in [-0.05, 0) is 37.6 Å². The Kier molecular flexibility index (Phi) is 6.70. The van der Waals surface area contributed by atoms with E-state index in [1.807, 2.05) is 24.8 Å². The zero-order chi connectivity index (χ0) is 20.0. The van der Waals surface area contributed by atoms with Gasteiger partial charge in [-0.3, -0.25) is 14.9 Å². The van der Waals surface area contributed by atoms with Crippen LogP contribution in [0.1, 0.15) is 29.8 Å². The molecule has 1 amide bonds. The average molecular weight is 374 g/mol. The number of nitrogens with one attached hydrogen (secondary N) is 2. The summed E-state index contributed by atoms with van der Waals surface area (Å²) in [6.07, 6.45) is 0. The molecule has 0 bridgehead atoms. The molecule has 0 atom stereocenters. The topological polar surface area (TPSA) is 87.5 Å². The van der Waals surface area contributed by atoms with Gasteiger partial charge in [0.25, 0.3) is 11.6 Å². The third-order valence-electron chi connectivity index (χ3n) is 4.28. The molecule has 8 heteroatoms. The molecule has 2 rings (SSSR count). The fourth-order valence-corrected chi connectivity index (χ4v) is 2.80. The highest BCUT2D eigenvalue weighted by molar-refractivity contribution is 6.00. The molecule has 144 valence electrons. The molecule has 0 unspecified atom stereocenters. The summed E-state index contributed by atoms with van der Waals surface area (Å²) in [5.41, 5.74) is 1.67. The minimum atomic E-state index is -0.558. The molecule has 2 N–H and O–H groups in total. The standard InChI is InChI=1S/C19H23FN4O3/c1-4-23(5-2)18-9-6-13(10-16(18)20)12-22-17-8-7-14(24(26)27)11-15(17)19(25)21-3/h6-11,22H,4-5,12H2,1-3H3,(H,21,25). The number of hydrogen-bond donors (Lipinski definition) is 2. The number of nitro benzene ring substituents is 1. The lowest BCUT2D eigenvalue weighted by Gasteiger charge is -2.22. The zero-order valence-corrected chi connectivity index (χ0v) is 15.6. The molecule has 27 heavy (non-hydrogen) atoms. The van der Waals surface area contributed by atoms with Crippen molar-refractivity contribution < 1.29 is 14.1 Å². The Bertz CT molecular complexity index is 838. The number of anilines is 2. The van der Waals surface area contributed by atoms with Crippen molar-refractivity contribution in [3.63, 3.8) is 0 Å². The van der Waals surface area contributed by atoms with Crippen molar-refractivity contribution in [2.45, 2.75) is 20.4 Å². The number of carbonyl (C=O) groups is 1. The van der Waals surface area contributed by atoms with E-state index in [0.717, 1.165) is 0 Å². The third-order valence-corrected chi connectivity index (χ3v) is 4.28. The fourth-order valence-electron chi connectivity index (χ4n) is 2.80. The van der Waals surface area contributed by atoms with Crippen LogP contribution in [0.5, 0.6) is 0 Å². The van der Waals surface area contributed by atoms with Gasteiger partial charge in [-0.2, -0.15) is 0 Å². The van der Waals surface area contributed by atoms with Crippen molar-refractivity contribution in [3.8, 4) is 0 Å². The largest absolute Gasteiger partial charge is 0.380 e. The van der Waals surface area contributed by atoms with Crippen LogP contribution >= 0.6 is 0 Å². The van der Waals surface area contributed by atoms with Gasteiger partial charge in [0.2, 0.25) is 0 Å². The van der Waals surface area contributed by atoms with Gasteiger partial charge in [-0.1, -0.05) is 6.07 Å². The summed E-state index contributed by atoms with van der Waals surface area (Å²) in [6.45, 7) is 5.63. The molecule has 0 fully saturated rings. The van der Waals surface area contributed by atoms with Gasteiger partial charge in [0.05, 0.1) is 16.2 Å². The highest BCUT2D eigenvalue weighted by Crippen LogP contribution is 2.24. The van der Waals surface area contributed by atoms with Crippen LogP contribution in [0.15, 0.2) is 36.4 Å². The van der Waals surface area contributed by atoms with Gasteiger partial charge in [0.1, 0.15) is 5.82 Å². The molecular formula is C19H23FN4O3. The predicted octanol–water partition coefficient (Wildman–Crippen LogP) is 3.55. The first-order valence-corrected chi connectivity index (χ1v) is 8.69. The van der Waals surface area contributed by atoms with E-state index >= 15 is 0 Å². The Balaban J connectivity index is 2.22. The van der Waals surface area contributed by atoms with Crippen LogP contribution in [-0.4, -0.2) is 31.0 Å². The quantitative estimate of drug-likeness (QED) is 0.545. The van der Waals surface area contributed by atoms with Crippen LogP contribution in [-0.2, 0) is 6.54 Å². The summed E-state index contributed by atoms with van der Waals surface area (Å²) in [5, 5.41) is 16.4. The molecular weight excluding hydrogens is 351 g/mol. The highest BCUT2D eigenvalue weighted by Gasteiger charge is 2.16. The third kappa shape index (κ3) is 4.72. The minimum Gasteiger partial charge on any atom is -0.380 e. The van der Waals surface area contributed by atoms with E-state index in [1.54, 1.807) is 6.07 Å². The van der Waals surface area contributed by atoms with Gasteiger partial charge in [-0.15, -0.1) is 0 Å². The molecule has 7 nitrogen and oxygen atoms in total. The molecule has 0 saturated carbocycles. The van der Waals surface area contributed by atoms with E-state index in [4.69, 9.17) is 0 Å². The number of amides is 1. The molecule has 0 radical (unpaired) electrons. The van der Waals surface area contributed by atoms with Crippen molar-refractivity contribution in [2.75, 3.05) is 30.4 Å². The maximum Gasteiger partial charge on any atom is 0.270 e. The van der Waals surface area contributed by atoms with Crippen LogP contribution < -0.4 is 15.5 Å². The number of non-ortho nitro benzene ring substituents is 1. The fraction of sp³-hybridized carbons (Fsp3) is 0.316. The minimum absolute atomic E-state index is 0.159. The van der Waals surface area contributed by atoms with E-state index in [9.17, 15) is 19.3 Å². The Hall–Kier alpha value is -3.16. The molecule has 2 aromatic rings. The van der Waals surface area contributed by atoms with Crippen LogP contribution in [0, 0.1) is 15.9 Å². The SMILES string of the molecule is CCN(CC)c1ccc(CNc2ccc([N+](=O)[O-])cc2C(=O)NC)cc1F. The lowest BCUT2D eigenvalue weighted by molar-refractivity contribution is -0.384. The van der Waals surface area contributed by atoms with Crippen LogP contribution in [0.4, 0.5) is 21.5 Å². The van der Waals surface area contributed by atoms with Crippen LogP contribution in [0.2, 0.25) is 0 Å². The maximum atomic E-state index is 14.4. The lowest BCUT2D eigenvalue weighted by Crippen LogP contribution is -2.23. The number of hydrogen-bond acceptors (Lipinski definition) is 5. The van der Waals surface area contributed by atoms with Gasteiger partial charge in [-0.25, -0.2) is 4.39 Å². The predicted molar refractivity (Wildman–Crippen MR) is 104 cm³/mol. The summed E-state index contributed by atoms with van der Waals surface area (Å²) in [7, 11) is 1.45. The van der Waals surface area contributed by atoms with E-state index < -0.39 is 10.8 Å². The summed E-state index contributed by atoms with van der Waals surface area (Å²) in [4.78, 5) is 24.3. The van der Waals surface area contributed by atoms with Crippen LogP contribution in [0.25, 0.3) is 0 Å². The second-order valence-corrected chi connectivity index (χ2v) is 5.88. The van der Waals surface area contributed by atoms with Gasteiger partial charge >= 0.3 is 0 Å². The number of nitrogens with zero attached hydrogens (tertiary/aromatic N) is 2. The van der Waals surface area contributed by atoms with Crippen LogP contribution in [0.3, 0.4) is 0 Å². The summed E-state index contributed by atoms with van der Waals surface area (Å²) < 4.78 is 14.4. The highest BCUT2D eigenvalue weighted by atomic mass is 19.1. The Labute approximate surface area is 157 Å². The average Bonchev–Trinajstić information content (AvgIpc) is 2.67. The van der Waals surface area contributed by atoms with E-state index in [-0.39, 0.29) is 23.6 Å². The second-order valence-electron chi connectivity index (χ2n) is 5.88. The number of benzene rings is 2. The van der Waals surface area contributed by atoms with E-state index in [2.05, 4.69) is 10.6 Å². The smallest absolute Gasteiger partial charge is 0.270 e. The van der Waals surface area contributed by atoms with Crippen molar-refractivity contribution in [2.24, 2.45) is 0 Å². The molecule has 0 heterocycles. The van der Waals surface area contributed by atoms with Crippen molar-refractivity contribution in [1.82, 2.24) is 5.32 Å². The van der Waals surface area contributed by atoms with E-state index in [1.165, 1.54) is 31.3 Å². The molecule has 0 aliphatic carbocycles. The molecule has 0 saturated heterocycles. The number of carbonyl (C=O) groups excluding carboxylic acids is 1. The number of nitro groups is 1. The molecule has 0 aromatic heterocycles. The molecule has 0 aliphatic rings. The Morgan fingerprint density at radius 2 is 1.89 bits per heavy atom. The molecule has 2 aromatic carbocycles. The number of halogens is 1. The summed E-state index contributed by atoms with van der Waals surface area (Å²) in [5.74, 6) is -0.752. The van der Waals surface area contributed by atoms with Gasteiger partial charge < -0.3 is 15.5 Å². The first kappa shape index (κ1) is 20.2. The summed E-state index contributed by atoms with van der Waals surface area (Å²) >= 11 is 0. The van der Waals surface area contributed by atoms with Gasteiger partial charge in [0.15, 0.2) is 0 Å². The lowest BCUT2D eigenvalue weighted by atomic mass is 10.1. The van der Waals surface area contributed by atoms with Crippen molar-refractivity contribution in [1.29, 1.82) is 0 Å². The van der Waals surface area contributed by atoms with Crippen molar-refractivity contribution in [3.05, 3.63) is 63.5 Å².